The lowest BCUT2D eigenvalue weighted by Gasteiger charge is -2.03. The van der Waals surface area contributed by atoms with Gasteiger partial charge in [-0.3, -0.25) is 0 Å². The van der Waals surface area contributed by atoms with E-state index in [0.717, 1.165) is 6.42 Å². The summed E-state index contributed by atoms with van der Waals surface area (Å²) in [5.41, 5.74) is 0.282. The van der Waals surface area contributed by atoms with Crippen molar-refractivity contribution in [3.8, 4) is 5.75 Å². The summed E-state index contributed by atoms with van der Waals surface area (Å²) in [5.74, 6) is -0.210. The number of ether oxygens (including phenoxy) is 1. The van der Waals surface area contributed by atoms with Crippen LogP contribution in [0.2, 0.25) is 0 Å². The van der Waals surface area contributed by atoms with Crippen molar-refractivity contribution in [3.05, 3.63) is 42.0 Å². The summed E-state index contributed by atoms with van der Waals surface area (Å²) >= 11 is 0. The third kappa shape index (κ3) is 11.7. The summed E-state index contributed by atoms with van der Waals surface area (Å²) in [4.78, 5) is 10.8. The van der Waals surface area contributed by atoms with Crippen LogP contribution in [0.3, 0.4) is 0 Å². The Morgan fingerprint density at radius 2 is 1.38 bits per heavy atom. The molecule has 0 fully saturated rings. The highest BCUT2D eigenvalue weighted by Crippen LogP contribution is 2.13. The number of aromatic carboxylic acids is 1. The Bertz CT molecular complexity index is 491. The molecule has 1 N–H and O–H groups in total. The van der Waals surface area contributed by atoms with Gasteiger partial charge >= 0.3 is 5.97 Å². The largest absolute Gasteiger partial charge is 0.490 e. The lowest BCUT2D eigenvalue weighted by Crippen LogP contribution is -1.97. The third-order valence-corrected chi connectivity index (χ3v) is 4.59. The molecule has 0 aliphatic heterocycles. The predicted octanol–water partition coefficient (Wildman–Crippen LogP) is 7.02. The first-order valence-corrected chi connectivity index (χ1v) is 10.3. The number of carbonyl (C=O) groups is 1. The topological polar surface area (TPSA) is 46.5 Å². The molecule has 0 aliphatic rings. The van der Waals surface area contributed by atoms with Crippen LogP contribution >= 0.6 is 0 Å². The van der Waals surface area contributed by atoms with Gasteiger partial charge in [-0.15, -0.1) is 0 Å². The number of hydrogen-bond donors (Lipinski definition) is 1. The van der Waals surface area contributed by atoms with E-state index in [1.807, 2.05) is 6.08 Å². The smallest absolute Gasteiger partial charge is 0.335 e. The highest BCUT2D eigenvalue weighted by Gasteiger charge is 2.01. The zero-order valence-electron chi connectivity index (χ0n) is 16.4. The van der Waals surface area contributed by atoms with E-state index >= 15 is 0 Å². The maximum Gasteiger partial charge on any atom is 0.335 e. The van der Waals surface area contributed by atoms with Crippen LogP contribution < -0.4 is 4.74 Å². The lowest BCUT2D eigenvalue weighted by atomic mass is 10.1. The van der Waals surface area contributed by atoms with Crippen molar-refractivity contribution in [1.29, 1.82) is 0 Å². The average molecular weight is 361 g/mol. The van der Waals surface area contributed by atoms with E-state index in [1.54, 1.807) is 24.3 Å². The van der Waals surface area contributed by atoms with Crippen molar-refractivity contribution in [2.24, 2.45) is 0 Å². The molecule has 1 aromatic carbocycles. The Balaban J connectivity index is 1.89. The van der Waals surface area contributed by atoms with Crippen LogP contribution in [0.4, 0.5) is 0 Å². The standard InChI is InChI=1S/C23H36O3/c1-2-3-4-5-6-7-8-9-10-11-12-13-14-15-20-26-22-18-16-21(17-19-22)23(24)25/h14-19H,2-13,20H2,1H3,(H,24,25)/b15-14-. The second-order valence-electron chi connectivity index (χ2n) is 6.94. The van der Waals surface area contributed by atoms with Crippen molar-refractivity contribution in [2.75, 3.05) is 6.61 Å². The normalized spacial score (nSPS) is 11.1. The molecule has 0 amide bonds. The number of allylic oxidation sites excluding steroid dienone is 1. The van der Waals surface area contributed by atoms with Crippen molar-refractivity contribution in [2.45, 2.75) is 84.0 Å². The summed E-state index contributed by atoms with van der Waals surface area (Å²) in [6.07, 6.45) is 20.4. The molecule has 0 atom stereocenters. The van der Waals surface area contributed by atoms with E-state index in [0.29, 0.717) is 12.4 Å². The Morgan fingerprint density at radius 3 is 1.92 bits per heavy atom. The van der Waals surface area contributed by atoms with E-state index in [9.17, 15) is 4.79 Å². The molecule has 3 heteroatoms. The first-order chi connectivity index (χ1) is 12.7. The van der Waals surface area contributed by atoms with Crippen LogP contribution in [0.5, 0.6) is 5.75 Å². The molecule has 1 aromatic rings. The molecule has 0 radical (unpaired) electrons. The van der Waals surface area contributed by atoms with E-state index in [4.69, 9.17) is 9.84 Å². The van der Waals surface area contributed by atoms with Crippen molar-refractivity contribution >= 4 is 5.97 Å². The van der Waals surface area contributed by atoms with Crippen molar-refractivity contribution in [1.82, 2.24) is 0 Å². The van der Waals surface area contributed by atoms with Gasteiger partial charge in [0.05, 0.1) is 5.56 Å². The Morgan fingerprint density at radius 1 is 0.846 bits per heavy atom. The molecule has 0 aliphatic carbocycles. The fraction of sp³-hybridized carbons (Fsp3) is 0.609. The van der Waals surface area contributed by atoms with Crippen molar-refractivity contribution < 1.29 is 14.6 Å². The van der Waals surface area contributed by atoms with Gasteiger partial charge in [-0.05, 0) is 37.1 Å². The van der Waals surface area contributed by atoms with Crippen LogP contribution in [0.25, 0.3) is 0 Å². The fourth-order valence-corrected chi connectivity index (χ4v) is 2.95. The fourth-order valence-electron chi connectivity index (χ4n) is 2.95. The van der Waals surface area contributed by atoms with Crippen LogP contribution in [-0.2, 0) is 0 Å². The number of hydrogen-bond acceptors (Lipinski definition) is 2. The summed E-state index contributed by atoms with van der Waals surface area (Å²) in [6.45, 7) is 2.80. The van der Waals surface area contributed by atoms with Gasteiger partial charge < -0.3 is 9.84 Å². The molecule has 0 heterocycles. The molecule has 0 spiro atoms. The predicted molar refractivity (Wildman–Crippen MR) is 109 cm³/mol. The molecule has 0 saturated heterocycles. The molecule has 0 aromatic heterocycles. The number of carboxylic acid groups (broad SMARTS) is 1. The van der Waals surface area contributed by atoms with Crippen LogP contribution in [0, 0.1) is 0 Å². The molecular weight excluding hydrogens is 324 g/mol. The van der Waals surface area contributed by atoms with Crippen LogP contribution in [-0.4, -0.2) is 17.7 Å². The zero-order valence-corrected chi connectivity index (χ0v) is 16.4. The zero-order chi connectivity index (χ0) is 18.9. The Labute approximate surface area is 159 Å². The van der Waals surface area contributed by atoms with Gasteiger partial charge in [0.1, 0.15) is 12.4 Å². The maximum atomic E-state index is 10.8. The van der Waals surface area contributed by atoms with E-state index in [1.165, 1.54) is 70.6 Å². The van der Waals surface area contributed by atoms with Crippen LogP contribution in [0.15, 0.2) is 36.4 Å². The van der Waals surface area contributed by atoms with E-state index in [-0.39, 0.29) is 5.56 Å². The molecule has 0 saturated carbocycles. The van der Waals surface area contributed by atoms with Gasteiger partial charge in [0.25, 0.3) is 0 Å². The number of carboxylic acids is 1. The molecule has 26 heavy (non-hydrogen) atoms. The molecule has 0 unspecified atom stereocenters. The van der Waals surface area contributed by atoms with Gasteiger partial charge in [0.15, 0.2) is 0 Å². The van der Waals surface area contributed by atoms with Gasteiger partial charge in [-0.2, -0.15) is 0 Å². The number of benzene rings is 1. The summed E-state index contributed by atoms with van der Waals surface area (Å²) in [7, 11) is 0. The Kier molecular flexibility index (Phi) is 13.3. The minimum atomic E-state index is -0.914. The SMILES string of the molecule is CCCCCCCCCCCCC/C=C\COc1ccc(C(=O)O)cc1. The molecule has 0 bridgehead atoms. The quantitative estimate of drug-likeness (QED) is 0.254. The second kappa shape index (κ2) is 15.5. The minimum absolute atomic E-state index is 0.282. The monoisotopic (exact) mass is 360 g/mol. The van der Waals surface area contributed by atoms with Gasteiger partial charge in [-0.1, -0.05) is 83.3 Å². The molecule has 1 rings (SSSR count). The Hall–Kier alpha value is -1.77. The van der Waals surface area contributed by atoms with Gasteiger partial charge in [0.2, 0.25) is 0 Å². The van der Waals surface area contributed by atoms with Crippen molar-refractivity contribution in [3.63, 3.8) is 0 Å². The highest BCUT2D eigenvalue weighted by atomic mass is 16.5. The van der Waals surface area contributed by atoms with Gasteiger partial charge in [0, 0.05) is 0 Å². The van der Waals surface area contributed by atoms with Gasteiger partial charge in [-0.25, -0.2) is 4.79 Å². The third-order valence-electron chi connectivity index (χ3n) is 4.59. The summed E-state index contributed by atoms with van der Waals surface area (Å²) < 4.78 is 5.57. The van der Waals surface area contributed by atoms with E-state index in [2.05, 4.69) is 13.0 Å². The average Bonchev–Trinajstić information content (AvgIpc) is 2.65. The van der Waals surface area contributed by atoms with Crippen LogP contribution in [0.1, 0.15) is 94.3 Å². The molecular formula is C23H36O3. The molecule has 3 nitrogen and oxygen atoms in total. The van der Waals surface area contributed by atoms with E-state index < -0.39 is 5.97 Å². The molecule has 146 valence electrons. The summed E-state index contributed by atoms with van der Waals surface area (Å²) in [5, 5.41) is 8.84. The first-order valence-electron chi connectivity index (χ1n) is 10.3. The maximum absolute atomic E-state index is 10.8. The first kappa shape index (κ1) is 22.3. The lowest BCUT2D eigenvalue weighted by molar-refractivity contribution is 0.0697. The highest BCUT2D eigenvalue weighted by molar-refractivity contribution is 5.87. The number of unbranched alkanes of at least 4 members (excludes halogenated alkanes) is 11. The second-order valence-corrected chi connectivity index (χ2v) is 6.94. The summed E-state index contributed by atoms with van der Waals surface area (Å²) in [6, 6.07) is 6.52. The minimum Gasteiger partial charge on any atom is -0.490 e. The number of rotatable bonds is 16.